The highest BCUT2D eigenvalue weighted by Crippen LogP contribution is 2.21. The molecular formula is C16H24N6O2. The van der Waals surface area contributed by atoms with Crippen molar-refractivity contribution < 1.29 is 9.53 Å². The summed E-state index contributed by atoms with van der Waals surface area (Å²) in [6.45, 7) is 7.13. The fourth-order valence-electron chi connectivity index (χ4n) is 2.72. The van der Waals surface area contributed by atoms with Gasteiger partial charge in [0.05, 0.1) is 31.0 Å². The van der Waals surface area contributed by atoms with Crippen LogP contribution in [0.3, 0.4) is 0 Å². The summed E-state index contributed by atoms with van der Waals surface area (Å²) in [7, 11) is 3.86. The maximum atomic E-state index is 12.3. The van der Waals surface area contributed by atoms with Crippen LogP contribution in [0.15, 0.2) is 12.1 Å². The minimum atomic E-state index is -0.156. The molecule has 0 aromatic carbocycles. The van der Waals surface area contributed by atoms with Crippen molar-refractivity contribution in [2.45, 2.75) is 33.0 Å². The standard InChI is InChI=1S/C16H24N6O2/c1-10(2)24-12-8-21(9-12)16(23)18-13-7-15(20(4)5)22-14(17-13)6-11(3)19-22/h6-7,10,12H,8-9H2,1-5H3,(H,17,18,23). The number of urea groups is 1. The summed E-state index contributed by atoms with van der Waals surface area (Å²) in [6.07, 6.45) is 0.304. The first kappa shape index (κ1) is 16.5. The molecule has 1 aliphatic heterocycles. The summed E-state index contributed by atoms with van der Waals surface area (Å²) in [4.78, 5) is 20.5. The van der Waals surface area contributed by atoms with Gasteiger partial charge in [-0.05, 0) is 20.8 Å². The van der Waals surface area contributed by atoms with Gasteiger partial charge in [-0.2, -0.15) is 9.61 Å². The number of nitrogens with one attached hydrogen (secondary N) is 1. The van der Waals surface area contributed by atoms with E-state index in [2.05, 4.69) is 15.4 Å². The highest BCUT2D eigenvalue weighted by molar-refractivity contribution is 5.89. The van der Waals surface area contributed by atoms with Crippen LogP contribution < -0.4 is 10.2 Å². The molecule has 0 saturated carbocycles. The number of aryl methyl sites for hydroxylation is 1. The smallest absolute Gasteiger partial charge is 0.323 e. The van der Waals surface area contributed by atoms with E-state index >= 15 is 0 Å². The van der Waals surface area contributed by atoms with Crippen molar-refractivity contribution in [1.29, 1.82) is 0 Å². The molecule has 1 aliphatic rings. The van der Waals surface area contributed by atoms with Crippen molar-refractivity contribution in [2.75, 3.05) is 37.4 Å². The number of nitrogens with zero attached hydrogens (tertiary/aromatic N) is 5. The van der Waals surface area contributed by atoms with E-state index in [-0.39, 0.29) is 18.2 Å². The van der Waals surface area contributed by atoms with E-state index in [0.29, 0.717) is 24.6 Å². The lowest BCUT2D eigenvalue weighted by Gasteiger charge is -2.39. The monoisotopic (exact) mass is 332 g/mol. The Balaban J connectivity index is 1.72. The number of amides is 2. The van der Waals surface area contributed by atoms with E-state index in [1.807, 2.05) is 51.9 Å². The Labute approximate surface area is 141 Å². The van der Waals surface area contributed by atoms with Gasteiger partial charge in [-0.15, -0.1) is 0 Å². The first-order valence-electron chi connectivity index (χ1n) is 8.09. The van der Waals surface area contributed by atoms with Gasteiger partial charge in [-0.1, -0.05) is 0 Å². The van der Waals surface area contributed by atoms with Crippen molar-refractivity contribution in [3.05, 3.63) is 17.8 Å². The SMILES string of the molecule is Cc1cc2nc(NC(=O)N3CC(OC(C)C)C3)cc(N(C)C)n2n1. The average molecular weight is 332 g/mol. The molecule has 0 atom stereocenters. The van der Waals surface area contributed by atoms with Crippen LogP contribution in [0, 0.1) is 6.92 Å². The predicted octanol–water partition coefficient (Wildman–Crippen LogP) is 1.74. The van der Waals surface area contributed by atoms with Crippen molar-refractivity contribution in [3.8, 4) is 0 Å². The lowest BCUT2D eigenvalue weighted by atomic mass is 10.2. The number of aromatic nitrogens is 3. The van der Waals surface area contributed by atoms with Crippen molar-refractivity contribution >= 4 is 23.3 Å². The van der Waals surface area contributed by atoms with E-state index in [1.54, 1.807) is 9.42 Å². The Kier molecular flexibility index (Phi) is 4.31. The Morgan fingerprint density at radius 3 is 2.71 bits per heavy atom. The third-order valence-corrected chi connectivity index (χ3v) is 3.82. The number of hydrogen-bond donors (Lipinski definition) is 1. The second kappa shape index (κ2) is 6.27. The zero-order valence-corrected chi connectivity index (χ0v) is 14.8. The molecule has 3 heterocycles. The molecule has 24 heavy (non-hydrogen) atoms. The number of likely N-dealkylation sites (tertiary alicyclic amines) is 1. The summed E-state index contributed by atoms with van der Waals surface area (Å²) in [5.41, 5.74) is 1.59. The number of anilines is 2. The lowest BCUT2D eigenvalue weighted by molar-refractivity contribution is -0.0624. The molecule has 2 aromatic heterocycles. The molecule has 2 aromatic rings. The van der Waals surface area contributed by atoms with Gasteiger partial charge in [0.25, 0.3) is 0 Å². The highest BCUT2D eigenvalue weighted by atomic mass is 16.5. The molecule has 0 radical (unpaired) electrons. The Morgan fingerprint density at radius 2 is 2.08 bits per heavy atom. The number of carbonyl (C=O) groups is 1. The van der Waals surface area contributed by atoms with Crippen molar-refractivity contribution in [1.82, 2.24) is 19.5 Å². The number of hydrogen-bond acceptors (Lipinski definition) is 5. The first-order valence-corrected chi connectivity index (χ1v) is 8.09. The van der Waals surface area contributed by atoms with Crippen LogP contribution in [-0.2, 0) is 4.74 Å². The maximum absolute atomic E-state index is 12.3. The number of fused-ring (bicyclic) bond motifs is 1. The quantitative estimate of drug-likeness (QED) is 0.923. The van der Waals surface area contributed by atoms with Crippen LogP contribution in [0.4, 0.5) is 16.4 Å². The molecule has 1 N–H and O–H groups in total. The third kappa shape index (κ3) is 3.28. The largest absolute Gasteiger partial charge is 0.372 e. The third-order valence-electron chi connectivity index (χ3n) is 3.82. The minimum absolute atomic E-state index is 0.126. The molecule has 0 aliphatic carbocycles. The molecule has 130 valence electrons. The Morgan fingerprint density at radius 1 is 1.38 bits per heavy atom. The molecule has 2 amide bonds. The summed E-state index contributed by atoms with van der Waals surface area (Å²) >= 11 is 0. The van der Waals surface area contributed by atoms with E-state index in [4.69, 9.17) is 4.74 Å². The molecule has 0 bridgehead atoms. The van der Waals surface area contributed by atoms with Gasteiger partial charge in [0.15, 0.2) is 5.65 Å². The van der Waals surface area contributed by atoms with Gasteiger partial charge in [0, 0.05) is 26.2 Å². The summed E-state index contributed by atoms with van der Waals surface area (Å²) in [5.74, 6) is 1.37. The summed E-state index contributed by atoms with van der Waals surface area (Å²) in [5, 5.41) is 7.29. The summed E-state index contributed by atoms with van der Waals surface area (Å²) in [6, 6.07) is 3.55. The second-order valence-corrected chi connectivity index (χ2v) is 6.59. The van der Waals surface area contributed by atoms with Crippen LogP contribution in [0.25, 0.3) is 5.65 Å². The normalized spacial score (nSPS) is 15.0. The highest BCUT2D eigenvalue weighted by Gasteiger charge is 2.32. The average Bonchev–Trinajstić information content (AvgIpc) is 2.80. The molecule has 3 rings (SSSR count). The number of rotatable bonds is 4. The number of carbonyl (C=O) groups excluding carboxylic acids is 1. The fraction of sp³-hybridized carbons (Fsp3) is 0.562. The van der Waals surface area contributed by atoms with Crippen molar-refractivity contribution in [3.63, 3.8) is 0 Å². The van der Waals surface area contributed by atoms with Gasteiger partial charge in [-0.3, -0.25) is 5.32 Å². The second-order valence-electron chi connectivity index (χ2n) is 6.59. The molecule has 0 unspecified atom stereocenters. The Bertz CT molecular complexity index is 748. The van der Waals surface area contributed by atoms with Gasteiger partial charge in [0.2, 0.25) is 0 Å². The molecule has 1 saturated heterocycles. The maximum Gasteiger partial charge on any atom is 0.323 e. The van der Waals surface area contributed by atoms with Crippen LogP contribution in [0.1, 0.15) is 19.5 Å². The van der Waals surface area contributed by atoms with E-state index in [9.17, 15) is 4.79 Å². The van der Waals surface area contributed by atoms with Crippen LogP contribution >= 0.6 is 0 Å². The van der Waals surface area contributed by atoms with E-state index in [0.717, 1.165) is 11.5 Å². The number of ether oxygens (including phenoxy) is 1. The van der Waals surface area contributed by atoms with Gasteiger partial charge < -0.3 is 14.5 Å². The zero-order valence-electron chi connectivity index (χ0n) is 14.8. The van der Waals surface area contributed by atoms with Gasteiger partial charge in [0.1, 0.15) is 11.6 Å². The fourth-order valence-corrected chi connectivity index (χ4v) is 2.72. The van der Waals surface area contributed by atoms with Crippen LogP contribution in [0.5, 0.6) is 0 Å². The van der Waals surface area contributed by atoms with E-state index < -0.39 is 0 Å². The molecule has 1 fully saturated rings. The van der Waals surface area contributed by atoms with E-state index in [1.165, 1.54) is 0 Å². The van der Waals surface area contributed by atoms with Gasteiger partial charge in [-0.25, -0.2) is 9.78 Å². The van der Waals surface area contributed by atoms with Gasteiger partial charge >= 0.3 is 6.03 Å². The first-order chi connectivity index (χ1) is 11.3. The molecule has 8 heteroatoms. The van der Waals surface area contributed by atoms with Crippen LogP contribution in [-0.4, -0.2) is 64.9 Å². The molecule has 8 nitrogen and oxygen atoms in total. The molecule has 0 spiro atoms. The van der Waals surface area contributed by atoms with Crippen LogP contribution in [0.2, 0.25) is 0 Å². The molecular weight excluding hydrogens is 308 g/mol. The zero-order chi connectivity index (χ0) is 17.4. The lowest BCUT2D eigenvalue weighted by Crippen LogP contribution is -2.56. The Hall–Kier alpha value is -2.35. The topological polar surface area (TPSA) is 75.0 Å². The predicted molar refractivity (Wildman–Crippen MR) is 92.7 cm³/mol. The minimum Gasteiger partial charge on any atom is -0.372 e. The summed E-state index contributed by atoms with van der Waals surface area (Å²) < 4.78 is 7.44. The van der Waals surface area contributed by atoms with Crippen molar-refractivity contribution in [2.24, 2.45) is 0 Å².